The highest BCUT2D eigenvalue weighted by atomic mass is 32.2. The third-order valence-corrected chi connectivity index (χ3v) is 8.13. The van der Waals surface area contributed by atoms with Gasteiger partial charge in [0.1, 0.15) is 5.75 Å². The number of benzene rings is 1. The third kappa shape index (κ3) is 6.72. The number of amides is 1. The van der Waals surface area contributed by atoms with Crippen LogP contribution in [0.1, 0.15) is 37.8 Å². The molecule has 4 rings (SSSR count). The first-order valence-corrected chi connectivity index (χ1v) is 13.5. The van der Waals surface area contributed by atoms with E-state index in [2.05, 4.69) is 20.0 Å². The number of hydrogen-bond donors (Lipinski definition) is 2. The number of carbonyl (C=O) groups excluding carboxylic acids is 1. The van der Waals surface area contributed by atoms with Crippen molar-refractivity contribution in [3.63, 3.8) is 0 Å². The molecule has 1 aliphatic carbocycles. The molecule has 1 unspecified atom stereocenters. The summed E-state index contributed by atoms with van der Waals surface area (Å²) in [6.45, 7) is 0.427. The number of sulfonamides is 1. The van der Waals surface area contributed by atoms with E-state index in [9.17, 15) is 26.4 Å². The Hall–Kier alpha value is -3.19. The molecule has 2 heterocycles. The van der Waals surface area contributed by atoms with Gasteiger partial charge in [0.05, 0.1) is 23.1 Å². The maximum absolute atomic E-state index is 12.9. The molecule has 1 fully saturated rings. The Balaban J connectivity index is 1.40. The molecule has 1 aromatic carbocycles. The third-order valence-electron chi connectivity index (χ3n) is 5.40. The molecular weight excluding hydrogens is 517 g/mol. The van der Waals surface area contributed by atoms with Crippen LogP contribution in [0, 0.1) is 0 Å². The predicted octanol–water partition coefficient (Wildman–Crippen LogP) is 5.18. The molecule has 1 atom stereocenters. The average molecular weight is 541 g/mol. The van der Waals surface area contributed by atoms with Crippen LogP contribution in [0.25, 0.3) is 11.1 Å². The van der Waals surface area contributed by atoms with Crippen molar-refractivity contribution in [1.82, 2.24) is 9.97 Å². The number of anilines is 2. The first kappa shape index (κ1) is 25.9. The van der Waals surface area contributed by atoms with Gasteiger partial charge in [0, 0.05) is 22.8 Å². The maximum Gasteiger partial charge on any atom is 0.422 e. The van der Waals surface area contributed by atoms with Crippen molar-refractivity contribution in [3.05, 3.63) is 53.8 Å². The van der Waals surface area contributed by atoms with Gasteiger partial charge in [0.25, 0.3) is 0 Å². The zero-order valence-corrected chi connectivity index (χ0v) is 20.7. The van der Waals surface area contributed by atoms with E-state index in [1.54, 1.807) is 29.6 Å². The molecule has 1 aliphatic rings. The van der Waals surface area contributed by atoms with Crippen molar-refractivity contribution in [2.45, 2.75) is 43.5 Å². The quantitative estimate of drug-likeness (QED) is 0.367. The highest BCUT2D eigenvalue weighted by Crippen LogP contribution is 2.32. The summed E-state index contributed by atoms with van der Waals surface area (Å²) in [4.78, 5) is 21.1. The number of hydrogen-bond acceptors (Lipinski definition) is 7. The van der Waals surface area contributed by atoms with E-state index in [4.69, 9.17) is 4.74 Å². The molecular formula is C23H23F3N4O4S2. The van der Waals surface area contributed by atoms with Crippen LogP contribution in [0.4, 0.5) is 24.0 Å². The predicted molar refractivity (Wildman–Crippen MR) is 131 cm³/mol. The van der Waals surface area contributed by atoms with E-state index in [1.807, 2.05) is 6.92 Å². The summed E-state index contributed by atoms with van der Waals surface area (Å²) in [5.41, 5.74) is 2.23. The van der Waals surface area contributed by atoms with E-state index < -0.39 is 28.7 Å². The molecule has 0 spiro atoms. The summed E-state index contributed by atoms with van der Waals surface area (Å²) in [6.07, 6.45) is -0.00974. The summed E-state index contributed by atoms with van der Waals surface area (Å²) in [5.74, 6) is -0.877. The first-order valence-electron chi connectivity index (χ1n) is 11.1. The molecule has 36 heavy (non-hydrogen) atoms. The van der Waals surface area contributed by atoms with Gasteiger partial charge in [0.15, 0.2) is 11.7 Å². The zero-order chi connectivity index (χ0) is 25.9. The molecule has 8 nitrogen and oxygen atoms in total. The van der Waals surface area contributed by atoms with Crippen LogP contribution in [0.2, 0.25) is 0 Å². The van der Waals surface area contributed by atoms with Crippen LogP contribution in [0.3, 0.4) is 0 Å². The second-order valence-corrected chi connectivity index (χ2v) is 11.1. The summed E-state index contributed by atoms with van der Waals surface area (Å²) in [6, 6.07) is 8.19. The molecule has 2 aromatic heterocycles. The number of nitrogens with one attached hydrogen (secondary N) is 2. The number of carbonyl (C=O) groups is 1. The minimum atomic E-state index is -4.45. The Labute approximate surface area is 210 Å². The second kappa shape index (κ2) is 10.4. The lowest BCUT2D eigenvalue weighted by Gasteiger charge is -2.14. The second-order valence-electron chi connectivity index (χ2n) is 8.26. The minimum Gasteiger partial charge on any atom is -0.482 e. The van der Waals surface area contributed by atoms with Gasteiger partial charge in [0.2, 0.25) is 15.9 Å². The minimum absolute atomic E-state index is 0.00459. The Morgan fingerprint density at radius 3 is 2.56 bits per heavy atom. The number of nitrogens with zero attached hydrogens (tertiary/aromatic N) is 2. The summed E-state index contributed by atoms with van der Waals surface area (Å²) in [7, 11) is -3.43. The fourth-order valence-electron chi connectivity index (χ4n) is 3.40. The molecule has 0 saturated heterocycles. The molecule has 0 aliphatic heterocycles. The average Bonchev–Trinajstić information content (AvgIpc) is 3.60. The van der Waals surface area contributed by atoms with E-state index in [1.165, 1.54) is 18.5 Å². The summed E-state index contributed by atoms with van der Waals surface area (Å²) in [5, 5.41) is 4.36. The van der Waals surface area contributed by atoms with Gasteiger partial charge >= 0.3 is 6.18 Å². The number of halogens is 3. The standard InChI is InChI=1S/C23H23F3N4O4S2/c1-2-19(20-12-35-22(29-20)30-36(32,33)18-7-8-18)21(31)28-16-5-3-14(4-6-16)15-9-17(11-27-10-15)34-13-23(24,25)26/h3-6,9-12,18-19H,2,7-8,13H2,1H3,(H,28,31)(H,29,30). The highest BCUT2D eigenvalue weighted by Gasteiger charge is 2.36. The lowest BCUT2D eigenvalue weighted by molar-refractivity contribution is -0.153. The van der Waals surface area contributed by atoms with Crippen molar-refractivity contribution in [3.8, 4) is 16.9 Å². The van der Waals surface area contributed by atoms with Gasteiger partial charge < -0.3 is 10.1 Å². The van der Waals surface area contributed by atoms with Crippen LogP contribution < -0.4 is 14.8 Å². The molecule has 13 heteroatoms. The van der Waals surface area contributed by atoms with Crippen molar-refractivity contribution >= 4 is 38.1 Å². The van der Waals surface area contributed by atoms with Crippen LogP contribution in [-0.4, -0.2) is 42.3 Å². The number of ether oxygens (including phenoxy) is 1. The van der Waals surface area contributed by atoms with Gasteiger partial charge in [-0.2, -0.15) is 13.2 Å². The fraction of sp³-hybridized carbons (Fsp3) is 0.348. The van der Waals surface area contributed by atoms with Crippen LogP contribution in [-0.2, 0) is 14.8 Å². The lowest BCUT2D eigenvalue weighted by Crippen LogP contribution is -2.21. The number of alkyl halides is 3. The Kier molecular flexibility index (Phi) is 7.50. The normalized spacial score (nSPS) is 14.8. The number of aromatic nitrogens is 2. The van der Waals surface area contributed by atoms with Gasteiger partial charge in [-0.3, -0.25) is 14.5 Å². The maximum atomic E-state index is 12.9. The van der Waals surface area contributed by atoms with Crippen LogP contribution >= 0.6 is 11.3 Å². The van der Waals surface area contributed by atoms with E-state index >= 15 is 0 Å². The van der Waals surface area contributed by atoms with Crippen molar-refractivity contribution in [2.24, 2.45) is 0 Å². The molecule has 1 saturated carbocycles. The van der Waals surface area contributed by atoms with Crippen LogP contribution in [0.5, 0.6) is 5.75 Å². The topological polar surface area (TPSA) is 110 Å². The van der Waals surface area contributed by atoms with Crippen LogP contribution in [0.15, 0.2) is 48.1 Å². The van der Waals surface area contributed by atoms with Crippen molar-refractivity contribution in [1.29, 1.82) is 0 Å². The Bertz CT molecular complexity index is 1320. The fourth-order valence-corrected chi connectivity index (χ4v) is 5.76. The van der Waals surface area contributed by atoms with Gasteiger partial charge in [-0.25, -0.2) is 13.4 Å². The smallest absolute Gasteiger partial charge is 0.422 e. The number of rotatable bonds is 10. The lowest BCUT2D eigenvalue weighted by atomic mass is 10.0. The highest BCUT2D eigenvalue weighted by molar-refractivity contribution is 7.93. The molecule has 0 bridgehead atoms. The van der Waals surface area contributed by atoms with Gasteiger partial charge in [-0.15, -0.1) is 11.3 Å². The molecule has 1 amide bonds. The SMILES string of the molecule is CCC(C(=O)Nc1ccc(-c2cncc(OCC(F)(F)F)c2)cc1)c1csc(NS(=O)(=O)C2CC2)n1. The summed E-state index contributed by atoms with van der Waals surface area (Å²) >= 11 is 1.13. The number of pyridine rings is 1. The molecule has 2 N–H and O–H groups in total. The molecule has 192 valence electrons. The van der Waals surface area contributed by atoms with Crippen molar-refractivity contribution < 1.29 is 31.1 Å². The first-order chi connectivity index (χ1) is 17.0. The molecule has 0 radical (unpaired) electrons. The van der Waals surface area contributed by atoms with E-state index in [-0.39, 0.29) is 22.0 Å². The zero-order valence-electron chi connectivity index (χ0n) is 19.1. The monoisotopic (exact) mass is 540 g/mol. The van der Waals surface area contributed by atoms with Gasteiger partial charge in [-0.1, -0.05) is 19.1 Å². The van der Waals surface area contributed by atoms with E-state index in [0.717, 1.165) is 11.3 Å². The largest absolute Gasteiger partial charge is 0.482 e. The van der Waals surface area contributed by atoms with Crippen molar-refractivity contribution in [2.75, 3.05) is 16.6 Å². The Morgan fingerprint density at radius 1 is 1.19 bits per heavy atom. The van der Waals surface area contributed by atoms with E-state index in [0.29, 0.717) is 41.8 Å². The number of thiazole rings is 1. The van der Waals surface area contributed by atoms with Gasteiger partial charge in [-0.05, 0) is 43.0 Å². The Morgan fingerprint density at radius 2 is 1.92 bits per heavy atom. The summed E-state index contributed by atoms with van der Waals surface area (Å²) < 4.78 is 68.7. The molecule has 3 aromatic rings.